The Labute approximate surface area is 133 Å². The lowest BCUT2D eigenvalue weighted by Gasteiger charge is -1.96. The number of nitrogens with two attached hydrogens (primary N) is 1. The number of halogens is 1. The molecule has 3 rings (SSSR count). The Kier molecular flexibility index (Phi) is 4.16. The molecule has 0 spiro atoms. The maximum absolute atomic E-state index is 12.1. The SMILES string of the molecule is NCCc1nc(C(=O)Nc2nc3ccc(Cl)cc3s2)cs1. The van der Waals surface area contributed by atoms with E-state index in [0.717, 1.165) is 15.2 Å². The summed E-state index contributed by atoms with van der Waals surface area (Å²) in [6.07, 6.45) is 0.678. The van der Waals surface area contributed by atoms with Crippen LogP contribution in [0.15, 0.2) is 23.6 Å². The van der Waals surface area contributed by atoms with Gasteiger partial charge in [0, 0.05) is 16.8 Å². The van der Waals surface area contributed by atoms with Crippen molar-refractivity contribution in [3.05, 3.63) is 39.3 Å². The molecule has 3 aromatic rings. The third kappa shape index (κ3) is 3.21. The van der Waals surface area contributed by atoms with Crippen LogP contribution in [0.2, 0.25) is 5.02 Å². The van der Waals surface area contributed by atoms with Crippen LogP contribution in [0.1, 0.15) is 15.5 Å². The quantitative estimate of drug-likeness (QED) is 0.765. The Hall–Kier alpha value is -1.54. The number of amides is 1. The molecule has 0 aliphatic carbocycles. The van der Waals surface area contributed by atoms with Crippen molar-refractivity contribution in [2.75, 3.05) is 11.9 Å². The first-order valence-corrected chi connectivity index (χ1v) is 8.25. The van der Waals surface area contributed by atoms with Crippen molar-refractivity contribution in [1.29, 1.82) is 0 Å². The molecule has 1 aromatic carbocycles. The Balaban J connectivity index is 1.78. The van der Waals surface area contributed by atoms with Crippen molar-refractivity contribution >= 4 is 55.5 Å². The average Bonchev–Trinajstić information content (AvgIpc) is 3.05. The molecule has 2 heterocycles. The molecule has 21 heavy (non-hydrogen) atoms. The fraction of sp³-hybridized carbons (Fsp3) is 0.154. The number of benzene rings is 1. The number of aromatic nitrogens is 2. The van der Waals surface area contributed by atoms with Crippen molar-refractivity contribution in [3.8, 4) is 0 Å². The van der Waals surface area contributed by atoms with Gasteiger partial charge in [-0.2, -0.15) is 0 Å². The van der Waals surface area contributed by atoms with E-state index in [4.69, 9.17) is 17.3 Å². The van der Waals surface area contributed by atoms with Crippen LogP contribution >= 0.6 is 34.3 Å². The summed E-state index contributed by atoms with van der Waals surface area (Å²) in [6.45, 7) is 0.521. The van der Waals surface area contributed by atoms with Crippen LogP contribution in [0, 0.1) is 0 Å². The van der Waals surface area contributed by atoms with Crippen LogP contribution in [-0.4, -0.2) is 22.4 Å². The number of nitrogens with one attached hydrogen (secondary N) is 1. The van der Waals surface area contributed by atoms with Gasteiger partial charge < -0.3 is 5.73 Å². The van der Waals surface area contributed by atoms with E-state index in [2.05, 4.69) is 15.3 Å². The zero-order valence-corrected chi connectivity index (χ0v) is 13.2. The third-order valence-electron chi connectivity index (χ3n) is 2.71. The molecule has 0 aliphatic heterocycles. The summed E-state index contributed by atoms with van der Waals surface area (Å²) < 4.78 is 0.930. The molecule has 0 saturated carbocycles. The predicted octanol–water partition coefficient (Wildman–Crippen LogP) is 3.16. The minimum Gasteiger partial charge on any atom is -0.330 e. The molecule has 8 heteroatoms. The largest absolute Gasteiger partial charge is 0.330 e. The lowest BCUT2D eigenvalue weighted by Crippen LogP contribution is -2.12. The fourth-order valence-corrected chi connectivity index (χ4v) is 3.70. The Morgan fingerprint density at radius 1 is 1.38 bits per heavy atom. The van der Waals surface area contributed by atoms with Crippen molar-refractivity contribution < 1.29 is 4.79 Å². The molecule has 0 fully saturated rings. The summed E-state index contributed by atoms with van der Waals surface area (Å²) in [5.74, 6) is -0.264. The van der Waals surface area contributed by atoms with E-state index in [0.29, 0.717) is 28.8 Å². The van der Waals surface area contributed by atoms with Crippen molar-refractivity contribution in [3.63, 3.8) is 0 Å². The van der Waals surface area contributed by atoms with E-state index in [1.54, 1.807) is 11.4 Å². The first-order valence-electron chi connectivity index (χ1n) is 6.17. The van der Waals surface area contributed by atoms with Gasteiger partial charge >= 0.3 is 0 Å². The van der Waals surface area contributed by atoms with Crippen LogP contribution in [0.5, 0.6) is 0 Å². The zero-order valence-electron chi connectivity index (χ0n) is 10.8. The lowest BCUT2D eigenvalue weighted by atomic mass is 10.3. The highest BCUT2D eigenvalue weighted by Gasteiger charge is 2.13. The van der Waals surface area contributed by atoms with Gasteiger partial charge in [0.05, 0.1) is 15.2 Å². The summed E-state index contributed by atoms with van der Waals surface area (Å²) in [6, 6.07) is 5.42. The van der Waals surface area contributed by atoms with Crippen molar-refractivity contribution in [2.24, 2.45) is 5.73 Å². The molecular weight excluding hydrogens is 328 g/mol. The standard InChI is InChI=1S/C13H11ClN4OS2/c14-7-1-2-8-10(5-7)21-13(17-8)18-12(19)9-6-20-11(16-9)3-4-15/h1-2,5-6H,3-4,15H2,(H,17,18,19). The van der Waals surface area contributed by atoms with Crippen LogP contribution in [0.3, 0.4) is 0 Å². The molecule has 3 N–H and O–H groups in total. The molecule has 0 aliphatic rings. The molecule has 0 bridgehead atoms. The van der Waals surface area contributed by atoms with Gasteiger partial charge in [0.25, 0.3) is 5.91 Å². The minimum absolute atomic E-state index is 0.264. The number of rotatable bonds is 4. The molecule has 108 valence electrons. The van der Waals surface area contributed by atoms with Gasteiger partial charge in [0.1, 0.15) is 5.69 Å². The van der Waals surface area contributed by atoms with E-state index >= 15 is 0 Å². The maximum atomic E-state index is 12.1. The normalized spacial score (nSPS) is 11.0. The molecule has 0 saturated heterocycles. The summed E-state index contributed by atoms with van der Waals surface area (Å²) in [7, 11) is 0. The van der Waals surface area contributed by atoms with Crippen LogP contribution < -0.4 is 11.1 Å². The smallest absolute Gasteiger partial charge is 0.276 e. The van der Waals surface area contributed by atoms with E-state index in [1.165, 1.54) is 22.7 Å². The summed E-state index contributed by atoms with van der Waals surface area (Å²) in [5, 5.41) is 6.53. The number of anilines is 1. The Morgan fingerprint density at radius 2 is 2.24 bits per heavy atom. The van der Waals surface area contributed by atoms with Gasteiger partial charge in [0.2, 0.25) is 0 Å². The molecular formula is C13H11ClN4OS2. The second-order valence-corrected chi connectivity index (χ2v) is 6.66. The highest BCUT2D eigenvalue weighted by molar-refractivity contribution is 7.22. The highest BCUT2D eigenvalue weighted by Crippen LogP contribution is 2.28. The number of carbonyl (C=O) groups excluding carboxylic acids is 1. The molecule has 0 unspecified atom stereocenters. The second-order valence-electron chi connectivity index (χ2n) is 4.25. The number of thiazole rings is 2. The maximum Gasteiger partial charge on any atom is 0.276 e. The monoisotopic (exact) mass is 338 g/mol. The number of nitrogens with zero attached hydrogens (tertiary/aromatic N) is 2. The molecule has 1 amide bonds. The number of hydrogen-bond donors (Lipinski definition) is 2. The second kappa shape index (κ2) is 6.07. The first kappa shape index (κ1) is 14.4. The fourth-order valence-electron chi connectivity index (χ4n) is 1.77. The Bertz CT molecular complexity index is 798. The van der Waals surface area contributed by atoms with E-state index in [-0.39, 0.29) is 5.91 Å². The summed E-state index contributed by atoms with van der Waals surface area (Å²) >= 11 is 8.75. The van der Waals surface area contributed by atoms with E-state index < -0.39 is 0 Å². The van der Waals surface area contributed by atoms with Gasteiger partial charge in [-0.05, 0) is 24.7 Å². The van der Waals surface area contributed by atoms with Gasteiger partial charge in [0.15, 0.2) is 5.13 Å². The first-order chi connectivity index (χ1) is 10.2. The third-order valence-corrected chi connectivity index (χ3v) is 4.79. The number of carbonyl (C=O) groups is 1. The van der Waals surface area contributed by atoms with Crippen LogP contribution in [0.4, 0.5) is 5.13 Å². The van der Waals surface area contributed by atoms with Crippen molar-refractivity contribution in [1.82, 2.24) is 9.97 Å². The molecule has 5 nitrogen and oxygen atoms in total. The molecule has 0 radical (unpaired) electrons. The highest BCUT2D eigenvalue weighted by atomic mass is 35.5. The molecule has 2 aromatic heterocycles. The van der Waals surface area contributed by atoms with Crippen molar-refractivity contribution in [2.45, 2.75) is 6.42 Å². The van der Waals surface area contributed by atoms with E-state index in [9.17, 15) is 4.79 Å². The Morgan fingerprint density at radius 3 is 3.05 bits per heavy atom. The van der Waals surface area contributed by atoms with Gasteiger partial charge in [-0.25, -0.2) is 9.97 Å². The van der Waals surface area contributed by atoms with Gasteiger partial charge in [-0.1, -0.05) is 22.9 Å². The van der Waals surface area contributed by atoms with Gasteiger partial charge in [-0.3, -0.25) is 10.1 Å². The van der Waals surface area contributed by atoms with E-state index in [1.807, 2.05) is 12.1 Å². The van der Waals surface area contributed by atoms with Gasteiger partial charge in [-0.15, -0.1) is 11.3 Å². The average molecular weight is 339 g/mol. The minimum atomic E-state index is -0.264. The van der Waals surface area contributed by atoms with Crippen LogP contribution in [0.25, 0.3) is 10.2 Å². The zero-order chi connectivity index (χ0) is 14.8. The number of hydrogen-bond acceptors (Lipinski definition) is 6. The summed E-state index contributed by atoms with van der Waals surface area (Å²) in [4.78, 5) is 20.7. The number of fused-ring (bicyclic) bond motifs is 1. The summed E-state index contributed by atoms with van der Waals surface area (Å²) in [5.41, 5.74) is 6.67. The topological polar surface area (TPSA) is 80.9 Å². The van der Waals surface area contributed by atoms with Crippen LogP contribution in [-0.2, 0) is 6.42 Å². The lowest BCUT2D eigenvalue weighted by molar-refractivity contribution is 0.102. The molecule has 0 atom stereocenters. The predicted molar refractivity (Wildman–Crippen MR) is 87.5 cm³/mol.